The molecule has 4 heteroatoms. The Morgan fingerprint density at radius 3 is 3.00 bits per heavy atom. The Bertz CT molecular complexity index is 323. The monoisotopic (exact) mass is 207 g/mol. The molecule has 0 amide bonds. The molecule has 82 valence electrons. The van der Waals surface area contributed by atoms with Crippen molar-refractivity contribution in [3.63, 3.8) is 0 Å². The number of likely N-dealkylation sites (N-methyl/N-ethyl adjacent to an activating group) is 1. The second-order valence-electron chi connectivity index (χ2n) is 3.43. The van der Waals surface area contributed by atoms with Gasteiger partial charge in [0.25, 0.3) is 0 Å². The summed E-state index contributed by atoms with van der Waals surface area (Å²) in [5.41, 5.74) is 0.777. The lowest BCUT2D eigenvalue weighted by Crippen LogP contribution is -2.19. The highest BCUT2D eigenvalue weighted by Gasteiger charge is 2.01. The lowest BCUT2D eigenvalue weighted by molar-refractivity contribution is 0.260. The van der Waals surface area contributed by atoms with Gasteiger partial charge < -0.3 is 9.64 Å². The van der Waals surface area contributed by atoms with Crippen molar-refractivity contribution < 1.29 is 4.74 Å². The average Bonchev–Trinajstić information content (AvgIpc) is 2.20. The van der Waals surface area contributed by atoms with Crippen LogP contribution in [0.1, 0.15) is 5.69 Å². The molecule has 4 nitrogen and oxygen atoms in total. The summed E-state index contributed by atoms with van der Waals surface area (Å²) in [6.45, 7) is 1.54. The van der Waals surface area contributed by atoms with Crippen molar-refractivity contribution >= 4 is 6.21 Å². The summed E-state index contributed by atoms with van der Waals surface area (Å²) < 4.78 is 5.61. The maximum Gasteiger partial charge on any atom is 0.146 e. The van der Waals surface area contributed by atoms with E-state index in [1.54, 1.807) is 19.5 Å². The summed E-state index contributed by atoms with van der Waals surface area (Å²) in [7, 11) is 5.75. The number of aromatic nitrogens is 1. The highest BCUT2D eigenvalue weighted by Crippen LogP contribution is 2.12. The number of hydrogen-bond acceptors (Lipinski definition) is 4. The van der Waals surface area contributed by atoms with Gasteiger partial charge in [0.15, 0.2) is 0 Å². The van der Waals surface area contributed by atoms with E-state index in [1.165, 1.54) is 0 Å². The molecule has 1 rings (SSSR count). The zero-order valence-electron chi connectivity index (χ0n) is 9.47. The van der Waals surface area contributed by atoms with Crippen molar-refractivity contribution in [2.45, 2.75) is 0 Å². The van der Waals surface area contributed by atoms with Crippen LogP contribution in [0, 0.1) is 0 Å². The van der Waals surface area contributed by atoms with E-state index >= 15 is 0 Å². The standard InChI is InChI=1S/C11H17N3O/c1-12-9-10-11(5-4-6-13-10)15-8-7-14(2)3/h4-6,9H,7-8H2,1-3H3/b12-9-. The van der Waals surface area contributed by atoms with E-state index < -0.39 is 0 Å². The first-order valence-corrected chi connectivity index (χ1v) is 4.88. The Balaban J connectivity index is 2.59. The van der Waals surface area contributed by atoms with Gasteiger partial charge in [-0.05, 0) is 26.2 Å². The maximum absolute atomic E-state index is 5.61. The zero-order valence-corrected chi connectivity index (χ0v) is 9.47. The van der Waals surface area contributed by atoms with Crippen LogP contribution in [0.3, 0.4) is 0 Å². The van der Waals surface area contributed by atoms with E-state index in [-0.39, 0.29) is 0 Å². The Morgan fingerprint density at radius 2 is 2.33 bits per heavy atom. The summed E-state index contributed by atoms with van der Waals surface area (Å²) in [4.78, 5) is 10.2. The number of nitrogens with zero attached hydrogens (tertiary/aromatic N) is 3. The van der Waals surface area contributed by atoms with E-state index in [1.807, 2.05) is 26.2 Å². The molecule has 0 bridgehead atoms. The third kappa shape index (κ3) is 4.08. The molecule has 1 heterocycles. The third-order valence-electron chi connectivity index (χ3n) is 1.85. The fourth-order valence-corrected chi connectivity index (χ4v) is 1.08. The van der Waals surface area contributed by atoms with Crippen molar-refractivity contribution in [1.82, 2.24) is 9.88 Å². The quantitative estimate of drug-likeness (QED) is 0.678. The fraction of sp³-hybridized carbons (Fsp3) is 0.455. The largest absolute Gasteiger partial charge is 0.490 e. The Labute approximate surface area is 90.6 Å². The molecule has 0 radical (unpaired) electrons. The molecule has 0 aliphatic carbocycles. The van der Waals surface area contributed by atoms with Crippen LogP contribution in [0.15, 0.2) is 23.3 Å². The van der Waals surface area contributed by atoms with Crippen LogP contribution in [0.5, 0.6) is 5.75 Å². The molecule has 0 unspecified atom stereocenters. The van der Waals surface area contributed by atoms with Gasteiger partial charge in [-0.25, -0.2) is 0 Å². The summed E-state index contributed by atoms with van der Waals surface area (Å²) >= 11 is 0. The van der Waals surface area contributed by atoms with E-state index in [4.69, 9.17) is 4.74 Å². The molecule has 1 aromatic heterocycles. The first-order valence-electron chi connectivity index (χ1n) is 4.88. The lowest BCUT2D eigenvalue weighted by Gasteiger charge is -2.11. The SMILES string of the molecule is C/N=C\c1ncccc1OCCN(C)C. The van der Waals surface area contributed by atoms with E-state index in [0.717, 1.165) is 18.0 Å². The van der Waals surface area contributed by atoms with Crippen molar-refractivity contribution in [2.24, 2.45) is 4.99 Å². The van der Waals surface area contributed by atoms with Gasteiger partial charge >= 0.3 is 0 Å². The number of pyridine rings is 1. The van der Waals surface area contributed by atoms with E-state index in [9.17, 15) is 0 Å². The smallest absolute Gasteiger partial charge is 0.146 e. The second-order valence-corrected chi connectivity index (χ2v) is 3.43. The van der Waals surface area contributed by atoms with Crippen LogP contribution in [-0.4, -0.2) is 50.4 Å². The van der Waals surface area contributed by atoms with Crippen LogP contribution in [0.2, 0.25) is 0 Å². The van der Waals surface area contributed by atoms with Crippen LogP contribution >= 0.6 is 0 Å². The van der Waals surface area contributed by atoms with Gasteiger partial charge in [-0.1, -0.05) is 0 Å². The summed E-state index contributed by atoms with van der Waals surface area (Å²) in [6, 6.07) is 3.76. The normalized spacial score (nSPS) is 11.2. The Morgan fingerprint density at radius 1 is 1.53 bits per heavy atom. The van der Waals surface area contributed by atoms with Crippen LogP contribution < -0.4 is 4.74 Å². The van der Waals surface area contributed by atoms with Gasteiger partial charge in [0.05, 0.1) is 6.21 Å². The summed E-state index contributed by atoms with van der Waals surface area (Å²) in [6.07, 6.45) is 3.43. The molecule has 0 spiro atoms. The van der Waals surface area contributed by atoms with Gasteiger partial charge in [0.2, 0.25) is 0 Å². The molecule has 0 fully saturated rings. The van der Waals surface area contributed by atoms with Crippen molar-refractivity contribution in [2.75, 3.05) is 34.3 Å². The predicted molar refractivity (Wildman–Crippen MR) is 61.8 cm³/mol. The topological polar surface area (TPSA) is 37.7 Å². The predicted octanol–water partition coefficient (Wildman–Crippen LogP) is 1.07. The first kappa shape index (κ1) is 11.7. The summed E-state index contributed by atoms with van der Waals surface area (Å²) in [5, 5.41) is 0. The number of rotatable bonds is 5. The lowest BCUT2D eigenvalue weighted by atomic mass is 10.3. The highest BCUT2D eigenvalue weighted by molar-refractivity contribution is 5.80. The number of hydrogen-bond donors (Lipinski definition) is 0. The fourth-order valence-electron chi connectivity index (χ4n) is 1.08. The molecule has 0 aromatic carbocycles. The van der Waals surface area contributed by atoms with Gasteiger partial charge in [0.1, 0.15) is 18.1 Å². The molecule has 0 saturated carbocycles. The molecule has 0 aliphatic rings. The van der Waals surface area contributed by atoms with Crippen molar-refractivity contribution in [3.8, 4) is 5.75 Å². The van der Waals surface area contributed by atoms with Crippen molar-refractivity contribution in [1.29, 1.82) is 0 Å². The minimum absolute atomic E-state index is 0.656. The van der Waals surface area contributed by atoms with E-state index in [0.29, 0.717) is 6.61 Å². The molecule has 0 atom stereocenters. The number of ether oxygens (including phenoxy) is 1. The average molecular weight is 207 g/mol. The third-order valence-corrected chi connectivity index (χ3v) is 1.85. The Kier molecular flexibility index (Phi) is 4.77. The van der Waals surface area contributed by atoms with Crippen LogP contribution in [0.4, 0.5) is 0 Å². The zero-order chi connectivity index (χ0) is 11.1. The molecule has 0 saturated heterocycles. The number of aliphatic imine (C=N–C) groups is 1. The molecule has 1 aromatic rings. The van der Waals surface area contributed by atoms with Crippen LogP contribution in [0.25, 0.3) is 0 Å². The second kappa shape index (κ2) is 6.14. The highest BCUT2D eigenvalue weighted by atomic mass is 16.5. The minimum atomic E-state index is 0.656. The van der Waals surface area contributed by atoms with Gasteiger partial charge in [-0.15, -0.1) is 0 Å². The van der Waals surface area contributed by atoms with Gasteiger partial charge in [-0.3, -0.25) is 9.98 Å². The molecule has 0 N–H and O–H groups in total. The van der Waals surface area contributed by atoms with Crippen molar-refractivity contribution in [3.05, 3.63) is 24.0 Å². The van der Waals surface area contributed by atoms with Gasteiger partial charge in [0, 0.05) is 19.8 Å². The minimum Gasteiger partial charge on any atom is -0.490 e. The molecular formula is C11H17N3O. The van der Waals surface area contributed by atoms with Crippen LogP contribution in [-0.2, 0) is 0 Å². The molecule has 15 heavy (non-hydrogen) atoms. The van der Waals surface area contributed by atoms with Gasteiger partial charge in [-0.2, -0.15) is 0 Å². The molecular weight excluding hydrogens is 190 g/mol. The maximum atomic E-state index is 5.61. The van der Waals surface area contributed by atoms with E-state index in [2.05, 4.69) is 14.9 Å². The first-order chi connectivity index (χ1) is 7.24. The summed E-state index contributed by atoms with van der Waals surface area (Å²) in [5.74, 6) is 0.782. The Hall–Kier alpha value is -1.42. The molecule has 0 aliphatic heterocycles.